The highest BCUT2D eigenvalue weighted by atomic mass is 35.5. The first kappa shape index (κ1) is 23.5. The Kier molecular flexibility index (Phi) is 7.60. The second-order valence-electron chi connectivity index (χ2n) is 8.20. The molecule has 0 spiro atoms. The molecule has 2 amide bonds. The number of halogens is 1. The van der Waals surface area contributed by atoms with Gasteiger partial charge in [0.2, 0.25) is 5.91 Å². The van der Waals surface area contributed by atoms with Crippen LogP contribution in [0.1, 0.15) is 28.2 Å². The molecular weight excluding hydrogens is 448 g/mol. The zero-order valence-corrected chi connectivity index (χ0v) is 19.8. The van der Waals surface area contributed by atoms with Gasteiger partial charge in [0, 0.05) is 37.1 Å². The van der Waals surface area contributed by atoms with Crippen LogP contribution in [0.2, 0.25) is 5.02 Å². The lowest BCUT2D eigenvalue weighted by Crippen LogP contribution is -2.30. The average molecular weight is 475 g/mol. The van der Waals surface area contributed by atoms with Gasteiger partial charge in [-0.25, -0.2) is 4.98 Å². The Morgan fingerprint density at radius 2 is 1.68 bits per heavy atom. The Bertz CT molecular complexity index is 1270. The van der Waals surface area contributed by atoms with E-state index in [0.29, 0.717) is 36.5 Å². The third kappa shape index (κ3) is 5.83. The van der Waals surface area contributed by atoms with E-state index in [9.17, 15) is 9.59 Å². The Hall–Kier alpha value is -3.64. The first-order valence-electron chi connectivity index (χ1n) is 11.3. The number of nitrogens with one attached hydrogen (secondary N) is 1. The molecule has 0 atom stereocenters. The normalized spacial score (nSPS) is 10.9. The number of aromatic nitrogens is 2. The van der Waals surface area contributed by atoms with Crippen molar-refractivity contribution in [3.63, 3.8) is 0 Å². The molecule has 0 aliphatic heterocycles. The molecule has 7 heteroatoms. The minimum Gasteiger partial charge on any atom is -0.352 e. The van der Waals surface area contributed by atoms with Gasteiger partial charge in [-0.3, -0.25) is 9.59 Å². The van der Waals surface area contributed by atoms with Gasteiger partial charge in [-0.05, 0) is 48.4 Å². The summed E-state index contributed by atoms with van der Waals surface area (Å²) in [6.45, 7) is 1.28. The molecular formula is C27H27ClN4O2. The number of amides is 2. The average Bonchev–Trinajstić information content (AvgIpc) is 3.20. The van der Waals surface area contributed by atoms with E-state index in [-0.39, 0.29) is 18.4 Å². The van der Waals surface area contributed by atoms with Crippen LogP contribution in [0.25, 0.3) is 11.0 Å². The van der Waals surface area contributed by atoms with Crippen LogP contribution >= 0.6 is 11.6 Å². The zero-order chi connectivity index (χ0) is 23.9. The Balaban J connectivity index is 1.40. The van der Waals surface area contributed by atoms with Crippen molar-refractivity contribution in [2.24, 2.45) is 0 Å². The van der Waals surface area contributed by atoms with Crippen molar-refractivity contribution in [1.82, 2.24) is 19.8 Å². The molecule has 0 aliphatic carbocycles. The first-order valence-corrected chi connectivity index (χ1v) is 11.6. The van der Waals surface area contributed by atoms with Crippen molar-refractivity contribution in [1.29, 1.82) is 0 Å². The monoisotopic (exact) mass is 474 g/mol. The molecule has 1 N–H and O–H groups in total. The number of likely N-dealkylation sites (N-methyl/N-ethyl adjacent to an activating group) is 1. The van der Waals surface area contributed by atoms with Crippen LogP contribution in [0.15, 0.2) is 78.9 Å². The molecule has 0 radical (unpaired) electrons. The lowest BCUT2D eigenvalue weighted by molar-refractivity contribution is -0.131. The zero-order valence-electron chi connectivity index (χ0n) is 19.1. The maximum Gasteiger partial charge on any atom is 0.251 e. The molecule has 4 rings (SSSR count). The van der Waals surface area contributed by atoms with Gasteiger partial charge in [0.1, 0.15) is 12.4 Å². The summed E-state index contributed by atoms with van der Waals surface area (Å²) in [5, 5.41) is 3.53. The van der Waals surface area contributed by atoms with Crippen LogP contribution in [0.4, 0.5) is 0 Å². The minimum atomic E-state index is -0.136. The molecule has 6 nitrogen and oxygen atoms in total. The Morgan fingerprint density at radius 1 is 0.971 bits per heavy atom. The SMILES string of the molecule is CN(Cc1ccccc1)C(=O)Cn1c(CCCNC(=O)c2ccc(Cl)cc2)nc2ccccc21. The number of imidazole rings is 1. The molecule has 0 saturated carbocycles. The van der Waals surface area contributed by atoms with Crippen molar-refractivity contribution in [2.45, 2.75) is 25.9 Å². The third-order valence-corrected chi connectivity index (χ3v) is 5.94. The van der Waals surface area contributed by atoms with Crippen LogP contribution < -0.4 is 5.32 Å². The van der Waals surface area contributed by atoms with E-state index < -0.39 is 0 Å². The van der Waals surface area contributed by atoms with Gasteiger partial charge in [-0.2, -0.15) is 0 Å². The number of benzene rings is 3. The second-order valence-corrected chi connectivity index (χ2v) is 8.64. The molecule has 4 aromatic rings. The fourth-order valence-corrected chi connectivity index (χ4v) is 3.97. The Labute approximate surface area is 204 Å². The number of carbonyl (C=O) groups is 2. The number of carbonyl (C=O) groups excluding carboxylic acids is 2. The van der Waals surface area contributed by atoms with Crippen molar-refractivity contribution in [3.8, 4) is 0 Å². The van der Waals surface area contributed by atoms with Crippen LogP contribution in [0.5, 0.6) is 0 Å². The van der Waals surface area contributed by atoms with Gasteiger partial charge in [-0.1, -0.05) is 54.1 Å². The Morgan fingerprint density at radius 3 is 2.44 bits per heavy atom. The fraction of sp³-hybridized carbons (Fsp3) is 0.222. The van der Waals surface area contributed by atoms with Gasteiger partial charge in [-0.15, -0.1) is 0 Å². The number of hydrogen-bond donors (Lipinski definition) is 1. The van der Waals surface area contributed by atoms with Crippen molar-refractivity contribution < 1.29 is 9.59 Å². The number of fused-ring (bicyclic) bond motifs is 1. The van der Waals surface area contributed by atoms with Crippen LogP contribution in [-0.4, -0.2) is 39.9 Å². The fourth-order valence-electron chi connectivity index (χ4n) is 3.85. The maximum atomic E-state index is 13.0. The summed E-state index contributed by atoms with van der Waals surface area (Å²) < 4.78 is 1.99. The largest absolute Gasteiger partial charge is 0.352 e. The molecule has 3 aromatic carbocycles. The lowest BCUT2D eigenvalue weighted by atomic mass is 10.2. The van der Waals surface area contributed by atoms with Gasteiger partial charge < -0.3 is 14.8 Å². The number of hydrogen-bond acceptors (Lipinski definition) is 3. The summed E-state index contributed by atoms with van der Waals surface area (Å²) >= 11 is 5.89. The van der Waals surface area contributed by atoms with E-state index in [0.717, 1.165) is 22.4 Å². The van der Waals surface area contributed by atoms with E-state index >= 15 is 0 Å². The quantitative estimate of drug-likeness (QED) is 0.357. The van der Waals surface area contributed by atoms with Crippen LogP contribution in [0, 0.1) is 0 Å². The summed E-state index contributed by atoms with van der Waals surface area (Å²) in [4.78, 5) is 31.8. The van der Waals surface area contributed by atoms with E-state index in [4.69, 9.17) is 16.6 Å². The number of aryl methyl sites for hydroxylation is 1. The van der Waals surface area contributed by atoms with Gasteiger partial charge in [0.05, 0.1) is 11.0 Å². The smallest absolute Gasteiger partial charge is 0.251 e. The van der Waals surface area contributed by atoms with Crippen molar-refractivity contribution in [2.75, 3.05) is 13.6 Å². The third-order valence-electron chi connectivity index (χ3n) is 5.68. The van der Waals surface area contributed by atoms with Gasteiger partial charge >= 0.3 is 0 Å². The number of para-hydroxylation sites is 2. The predicted molar refractivity (Wildman–Crippen MR) is 135 cm³/mol. The van der Waals surface area contributed by atoms with Crippen LogP contribution in [-0.2, 0) is 24.3 Å². The van der Waals surface area contributed by atoms with Crippen LogP contribution in [0.3, 0.4) is 0 Å². The van der Waals surface area contributed by atoms with Crippen molar-refractivity contribution >= 4 is 34.4 Å². The highest BCUT2D eigenvalue weighted by Gasteiger charge is 2.16. The maximum absolute atomic E-state index is 13.0. The summed E-state index contributed by atoms with van der Waals surface area (Å²) in [5.74, 6) is 0.718. The molecule has 0 aliphatic rings. The van der Waals surface area contributed by atoms with E-state index in [1.54, 1.807) is 29.2 Å². The first-order chi connectivity index (χ1) is 16.5. The van der Waals surface area contributed by atoms with E-state index in [2.05, 4.69) is 5.32 Å². The molecule has 0 unspecified atom stereocenters. The summed E-state index contributed by atoms with van der Waals surface area (Å²) in [6, 6.07) is 24.6. The second kappa shape index (κ2) is 11.0. The summed E-state index contributed by atoms with van der Waals surface area (Å²) in [7, 11) is 1.82. The van der Waals surface area contributed by atoms with E-state index in [1.807, 2.05) is 66.2 Å². The molecule has 1 heterocycles. The highest BCUT2D eigenvalue weighted by molar-refractivity contribution is 6.30. The minimum absolute atomic E-state index is 0.0179. The highest BCUT2D eigenvalue weighted by Crippen LogP contribution is 2.18. The summed E-state index contributed by atoms with van der Waals surface area (Å²) in [6.07, 6.45) is 1.35. The number of rotatable bonds is 9. The van der Waals surface area contributed by atoms with Gasteiger partial charge in [0.15, 0.2) is 0 Å². The molecule has 0 bridgehead atoms. The lowest BCUT2D eigenvalue weighted by Gasteiger charge is -2.19. The predicted octanol–water partition coefficient (Wildman–Crippen LogP) is 4.71. The van der Waals surface area contributed by atoms with E-state index in [1.165, 1.54) is 0 Å². The summed E-state index contributed by atoms with van der Waals surface area (Å²) in [5.41, 5.74) is 3.46. The molecule has 174 valence electrons. The molecule has 34 heavy (non-hydrogen) atoms. The number of nitrogens with zero attached hydrogens (tertiary/aromatic N) is 3. The topological polar surface area (TPSA) is 67.2 Å². The van der Waals surface area contributed by atoms with Crippen molar-refractivity contribution in [3.05, 3.63) is 101 Å². The molecule has 0 fully saturated rings. The molecule has 1 aromatic heterocycles. The van der Waals surface area contributed by atoms with Gasteiger partial charge in [0.25, 0.3) is 5.91 Å². The standard InChI is InChI=1S/C27H27ClN4O2/c1-31(18-20-8-3-2-4-9-20)26(33)19-32-24-11-6-5-10-23(24)30-25(32)12-7-17-29-27(34)21-13-15-22(28)16-14-21/h2-6,8-11,13-16H,7,12,17-19H2,1H3,(H,29,34). The molecule has 0 saturated heterocycles.